The molecular formula is C19H14F2N6O3S. The molecule has 158 valence electrons. The number of carbonyl (C=O) groups is 1. The van der Waals surface area contributed by atoms with Crippen LogP contribution in [0.3, 0.4) is 0 Å². The molecule has 3 aromatic heterocycles. The molecule has 0 amide bonds. The SMILES string of the molecule is Cn1cc(C(=O)c2cncc(NS(=O)(=O)c3ccc(F)cc3F)c2)c2c(N)ncnc21. The molecular weight excluding hydrogens is 430 g/mol. The summed E-state index contributed by atoms with van der Waals surface area (Å²) in [4.78, 5) is 24.2. The molecule has 0 aliphatic heterocycles. The number of nitrogens with two attached hydrogens (primary N) is 1. The van der Waals surface area contributed by atoms with Crippen LogP contribution in [0.4, 0.5) is 20.3 Å². The van der Waals surface area contributed by atoms with Crippen LogP contribution in [0.5, 0.6) is 0 Å². The fourth-order valence-corrected chi connectivity index (χ4v) is 4.18. The van der Waals surface area contributed by atoms with E-state index in [1.165, 1.54) is 24.8 Å². The molecule has 0 fully saturated rings. The fourth-order valence-electron chi connectivity index (χ4n) is 3.09. The van der Waals surface area contributed by atoms with E-state index in [0.29, 0.717) is 17.1 Å². The van der Waals surface area contributed by atoms with Gasteiger partial charge in [0, 0.05) is 31.1 Å². The first-order valence-electron chi connectivity index (χ1n) is 8.70. The maximum absolute atomic E-state index is 13.9. The van der Waals surface area contributed by atoms with Gasteiger partial charge in [-0.05, 0) is 18.2 Å². The molecule has 1 aromatic carbocycles. The molecule has 0 bridgehead atoms. The molecule has 9 nitrogen and oxygen atoms in total. The highest BCUT2D eigenvalue weighted by atomic mass is 32.2. The number of halogens is 2. The number of aryl methyl sites for hydroxylation is 1. The van der Waals surface area contributed by atoms with Crippen LogP contribution in [-0.2, 0) is 17.1 Å². The largest absolute Gasteiger partial charge is 0.383 e. The van der Waals surface area contributed by atoms with E-state index in [1.54, 1.807) is 11.6 Å². The van der Waals surface area contributed by atoms with Gasteiger partial charge in [0.1, 0.15) is 34.3 Å². The number of anilines is 2. The zero-order chi connectivity index (χ0) is 22.3. The van der Waals surface area contributed by atoms with E-state index >= 15 is 0 Å². The molecule has 3 heterocycles. The van der Waals surface area contributed by atoms with Gasteiger partial charge in [-0.15, -0.1) is 0 Å². The molecule has 4 rings (SSSR count). The van der Waals surface area contributed by atoms with Crippen molar-refractivity contribution in [2.24, 2.45) is 7.05 Å². The smallest absolute Gasteiger partial charge is 0.264 e. The Morgan fingerprint density at radius 2 is 1.94 bits per heavy atom. The minimum atomic E-state index is -4.39. The minimum absolute atomic E-state index is 0.0514. The van der Waals surface area contributed by atoms with Gasteiger partial charge >= 0.3 is 0 Å². The van der Waals surface area contributed by atoms with Crippen LogP contribution in [0.2, 0.25) is 0 Å². The number of sulfonamides is 1. The van der Waals surface area contributed by atoms with Crippen molar-refractivity contribution < 1.29 is 22.0 Å². The van der Waals surface area contributed by atoms with E-state index in [0.717, 1.165) is 18.3 Å². The lowest BCUT2D eigenvalue weighted by molar-refractivity contribution is 0.103. The Bertz CT molecular complexity index is 1450. The first kappa shape index (κ1) is 20.3. The maximum atomic E-state index is 13.9. The Balaban J connectivity index is 1.70. The average molecular weight is 444 g/mol. The zero-order valence-electron chi connectivity index (χ0n) is 15.9. The summed E-state index contributed by atoms with van der Waals surface area (Å²) in [6.45, 7) is 0. The number of benzene rings is 1. The van der Waals surface area contributed by atoms with Gasteiger partial charge in [-0.25, -0.2) is 27.2 Å². The summed E-state index contributed by atoms with van der Waals surface area (Å²) in [6, 6.07) is 3.32. The molecule has 0 atom stereocenters. The van der Waals surface area contributed by atoms with Crippen molar-refractivity contribution in [2.75, 3.05) is 10.5 Å². The maximum Gasteiger partial charge on any atom is 0.264 e. The average Bonchev–Trinajstić information content (AvgIpc) is 3.05. The summed E-state index contributed by atoms with van der Waals surface area (Å²) >= 11 is 0. The van der Waals surface area contributed by atoms with Crippen LogP contribution in [0, 0.1) is 11.6 Å². The van der Waals surface area contributed by atoms with E-state index < -0.39 is 32.3 Å². The lowest BCUT2D eigenvalue weighted by Gasteiger charge is -2.09. The van der Waals surface area contributed by atoms with Gasteiger partial charge in [-0.3, -0.25) is 14.5 Å². The second-order valence-electron chi connectivity index (χ2n) is 6.58. The number of hydrogen-bond donors (Lipinski definition) is 2. The monoisotopic (exact) mass is 444 g/mol. The van der Waals surface area contributed by atoms with E-state index in [-0.39, 0.29) is 22.6 Å². The number of nitrogens with one attached hydrogen (secondary N) is 1. The van der Waals surface area contributed by atoms with Crippen molar-refractivity contribution in [3.63, 3.8) is 0 Å². The number of hydrogen-bond acceptors (Lipinski definition) is 7. The normalized spacial score (nSPS) is 11.6. The number of nitrogen functional groups attached to an aromatic ring is 1. The number of carbonyl (C=O) groups excluding carboxylic acids is 1. The molecule has 0 unspecified atom stereocenters. The summed E-state index contributed by atoms with van der Waals surface area (Å²) in [7, 11) is -2.71. The summed E-state index contributed by atoms with van der Waals surface area (Å²) in [5, 5.41) is 0.356. The number of ketones is 1. The van der Waals surface area contributed by atoms with Crippen molar-refractivity contribution in [2.45, 2.75) is 4.90 Å². The van der Waals surface area contributed by atoms with Crippen molar-refractivity contribution in [1.82, 2.24) is 19.5 Å². The van der Waals surface area contributed by atoms with Crippen molar-refractivity contribution in [3.05, 3.63) is 71.9 Å². The third-order valence-electron chi connectivity index (χ3n) is 4.46. The molecule has 0 aliphatic carbocycles. The van der Waals surface area contributed by atoms with E-state index in [4.69, 9.17) is 5.73 Å². The number of aromatic nitrogens is 4. The summed E-state index contributed by atoms with van der Waals surface area (Å²) in [5.74, 6) is -2.54. The van der Waals surface area contributed by atoms with Crippen LogP contribution in [-0.4, -0.2) is 33.7 Å². The van der Waals surface area contributed by atoms with Crippen LogP contribution in [0.15, 0.2) is 54.1 Å². The summed E-state index contributed by atoms with van der Waals surface area (Å²) in [6.07, 6.45) is 5.20. The molecule has 0 saturated carbocycles. The quantitative estimate of drug-likeness (QED) is 0.451. The number of nitrogens with zero attached hydrogens (tertiary/aromatic N) is 4. The van der Waals surface area contributed by atoms with Gasteiger partial charge in [0.2, 0.25) is 0 Å². The van der Waals surface area contributed by atoms with Gasteiger partial charge in [0.25, 0.3) is 10.0 Å². The first-order valence-corrected chi connectivity index (χ1v) is 10.2. The Labute approximate surface area is 174 Å². The van der Waals surface area contributed by atoms with Gasteiger partial charge in [0.05, 0.1) is 22.8 Å². The Hall–Kier alpha value is -3.93. The number of fused-ring (bicyclic) bond motifs is 1. The summed E-state index contributed by atoms with van der Waals surface area (Å²) < 4.78 is 55.7. The molecule has 0 spiro atoms. The molecule has 0 aliphatic rings. The van der Waals surface area contributed by atoms with Crippen molar-refractivity contribution in [1.29, 1.82) is 0 Å². The predicted molar refractivity (Wildman–Crippen MR) is 108 cm³/mol. The van der Waals surface area contributed by atoms with E-state index in [9.17, 15) is 22.0 Å². The highest BCUT2D eigenvalue weighted by Gasteiger charge is 2.22. The van der Waals surface area contributed by atoms with Gasteiger partial charge in [-0.1, -0.05) is 0 Å². The second-order valence-corrected chi connectivity index (χ2v) is 8.23. The Morgan fingerprint density at radius 1 is 1.16 bits per heavy atom. The third kappa shape index (κ3) is 3.68. The van der Waals surface area contributed by atoms with Crippen LogP contribution in [0.1, 0.15) is 15.9 Å². The topological polar surface area (TPSA) is 133 Å². The molecule has 4 aromatic rings. The van der Waals surface area contributed by atoms with Crippen LogP contribution in [0.25, 0.3) is 11.0 Å². The van der Waals surface area contributed by atoms with Gasteiger partial charge in [-0.2, -0.15) is 0 Å². The van der Waals surface area contributed by atoms with Gasteiger partial charge < -0.3 is 10.3 Å². The lowest BCUT2D eigenvalue weighted by atomic mass is 10.1. The van der Waals surface area contributed by atoms with Crippen LogP contribution < -0.4 is 10.5 Å². The molecule has 0 radical (unpaired) electrons. The molecule has 31 heavy (non-hydrogen) atoms. The minimum Gasteiger partial charge on any atom is -0.383 e. The number of rotatable bonds is 5. The highest BCUT2D eigenvalue weighted by Crippen LogP contribution is 2.26. The van der Waals surface area contributed by atoms with Crippen molar-refractivity contribution in [3.8, 4) is 0 Å². The summed E-state index contributed by atoms with van der Waals surface area (Å²) in [5.41, 5.74) is 6.53. The van der Waals surface area contributed by atoms with Gasteiger partial charge in [0.15, 0.2) is 5.78 Å². The Morgan fingerprint density at radius 3 is 2.68 bits per heavy atom. The van der Waals surface area contributed by atoms with E-state index in [2.05, 4.69) is 19.7 Å². The zero-order valence-corrected chi connectivity index (χ0v) is 16.7. The number of pyridine rings is 1. The Kier molecular flexibility index (Phi) is 4.85. The van der Waals surface area contributed by atoms with Crippen molar-refractivity contribution >= 4 is 38.3 Å². The fraction of sp³-hybridized carbons (Fsp3) is 0.0526. The molecule has 0 saturated heterocycles. The predicted octanol–water partition coefficient (Wildman–Crippen LogP) is 2.26. The standard InChI is InChI=1S/C19H14F2N6O3S/c1-27-8-13(16-18(22)24-9-25-19(16)27)17(28)10-4-12(7-23-6-10)26-31(29,30)15-3-2-11(20)5-14(15)21/h2-9,26H,1H3,(H2,22,24,25). The highest BCUT2D eigenvalue weighted by molar-refractivity contribution is 7.92. The van der Waals surface area contributed by atoms with E-state index in [1.807, 2.05) is 0 Å². The third-order valence-corrected chi connectivity index (χ3v) is 5.88. The first-order chi connectivity index (χ1) is 14.7. The van der Waals surface area contributed by atoms with Crippen LogP contribution >= 0.6 is 0 Å². The molecule has 3 N–H and O–H groups in total. The molecule has 12 heteroatoms. The lowest BCUT2D eigenvalue weighted by Crippen LogP contribution is -2.15. The second kappa shape index (κ2) is 7.40.